The van der Waals surface area contributed by atoms with Gasteiger partial charge in [-0.2, -0.15) is 0 Å². The van der Waals surface area contributed by atoms with Crippen LogP contribution in [-0.2, 0) is 54.4 Å². The summed E-state index contributed by atoms with van der Waals surface area (Å²) >= 11 is 0. The van der Waals surface area contributed by atoms with E-state index in [2.05, 4.69) is 10.6 Å². The zero-order chi connectivity index (χ0) is 44.5. The number of primary amides is 1. The number of likely N-dealkylation sites (tertiary alicyclic amines) is 1. The van der Waals surface area contributed by atoms with Crippen molar-refractivity contribution >= 4 is 46.9 Å². The van der Waals surface area contributed by atoms with Gasteiger partial charge in [-0.05, 0) is 64.0 Å². The number of amides is 4. The lowest BCUT2D eigenvalue weighted by atomic mass is 9.87. The second-order valence-electron chi connectivity index (χ2n) is 17.3. The molecule has 14 heteroatoms. The van der Waals surface area contributed by atoms with Crippen molar-refractivity contribution in [3.63, 3.8) is 0 Å². The molecule has 1 saturated heterocycles. The summed E-state index contributed by atoms with van der Waals surface area (Å²) in [5.41, 5.74) is 6.20. The average Bonchev–Trinajstić information content (AvgIpc) is 3.67. The minimum atomic E-state index is -1.12. The molecule has 0 radical (unpaired) electrons. The van der Waals surface area contributed by atoms with Crippen molar-refractivity contribution in [3.05, 3.63) is 71.8 Å². The van der Waals surface area contributed by atoms with Gasteiger partial charge in [0.2, 0.25) is 29.4 Å². The highest BCUT2D eigenvalue weighted by Crippen LogP contribution is 2.29. The molecule has 1 aliphatic heterocycles. The van der Waals surface area contributed by atoms with Crippen LogP contribution in [0.4, 0.5) is 0 Å². The number of nitrogens with one attached hydrogen (secondary N) is 2. The number of carbonyl (C=O) groups excluding carboxylic acids is 8. The Morgan fingerprint density at radius 2 is 1.49 bits per heavy atom. The zero-order valence-electron chi connectivity index (χ0n) is 36.2. The molecule has 1 saturated carbocycles. The van der Waals surface area contributed by atoms with Crippen LogP contribution in [0.5, 0.6) is 0 Å². The molecule has 4 N–H and O–H groups in total. The number of nitrogens with zero attached hydrogens (tertiary/aromatic N) is 1. The lowest BCUT2D eigenvalue weighted by Gasteiger charge is -2.30. The average molecular weight is 845 g/mol. The zero-order valence-corrected chi connectivity index (χ0v) is 36.2. The van der Waals surface area contributed by atoms with Gasteiger partial charge in [-0.3, -0.25) is 38.4 Å². The Bertz CT molecular complexity index is 1820. The highest BCUT2D eigenvalue weighted by Gasteiger charge is 2.44. The van der Waals surface area contributed by atoms with E-state index in [0.29, 0.717) is 24.8 Å². The summed E-state index contributed by atoms with van der Waals surface area (Å²) in [5.74, 6) is -5.84. The molecule has 2 fully saturated rings. The van der Waals surface area contributed by atoms with Gasteiger partial charge in [0.15, 0.2) is 11.6 Å². The monoisotopic (exact) mass is 844 g/mol. The first-order valence-corrected chi connectivity index (χ1v) is 21.8. The molecule has 0 bridgehead atoms. The smallest absolute Gasteiger partial charge is 0.306 e. The van der Waals surface area contributed by atoms with Crippen molar-refractivity contribution in [1.29, 1.82) is 0 Å². The topological polar surface area (TPSA) is 208 Å². The fourth-order valence-corrected chi connectivity index (χ4v) is 8.04. The van der Waals surface area contributed by atoms with E-state index < -0.39 is 83.2 Å². The SMILES string of the molecule is CCCC(CC(=O)[C@@H]1C[C@@H](OCc2ccccc2)CN1C(=O)[C@H](CCCC(=O)OC(C)(C)C)NC(=O)C1CCCCC1)C(=O)C(=O)CCC(=O)N[C@H](C(N)=O)c1ccccc1. The van der Waals surface area contributed by atoms with Crippen LogP contribution in [-0.4, -0.2) is 82.2 Å². The molecule has 1 unspecified atom stereocenters. The van der Waals surface area contributed by atoms with Crippen molar-refractivity contribution in [2.75, 3.05) is 6.54 Å². The van der Waals surface area contributed by atoms with Gasteiger partial charge in [0, 0.05) is 50.5 Å². The van der Waals surface area contributed by atoms with E-state index in [9.17, 15) is 38.4 Å². The fraction of sp³-hybridized carbons (Fsp3) is 0.574. The maximum Gasteiger partial charge on any atom is 0.306 e. The number of carbonyl (C=O) groups is 8. The van der Waals surface area contributed by atoms with Crippen LogP contribution in [0.3, 0.4) is 0 Å². The largest absolute Gasteiger partial charge is 0.460 e. The minimum Gasteiger partial charge on any atom is -0.460 e. The summed E-state index contributed by atoms with van der Waals surface area (Å²) in [6.45, 7) is 7.42. The highest BCUT2D eigenvalue weighted by molar-refractivity contribution is 6.38. The van der Waals surface area contributed by atoms with Gasteiger partial charge in [-0.25, -0.2) is 0 Å². The maximum atomic E-state index is 14.6. The molecular formula is C47H64N4O10. The van der Waals surface area contributed by atoms with Crippen LogP contribution in [0.25, 0.3) is 0 Å². The maximum absolute atomic E-state index is 14.6. The Morgan fingerprint density at radius 1 is 0.836 bits per heavy atom. The van der Waals surface area contributed by atoms with Crippen molar-refractivity contribution in [2.45, 2.75) is 154 Å². The molecule has 2 aromatic rings. The first-order chi connectivity index (χ1) is 29.1. The predicted molar refractivity (Wildman–Crippen MR) is 227 cm³/mol. The molecule has 1 heterocycles. The molecule has 4 rings (SSSR count). The second kappa shape index (κ2) is 23.7. The van der Waals surface area contributed by atoms with E-state index in [1.165, 1.54) is 4.90 Å². The molecule has 4 amide bonds. The number of benzene rings is 2. The summed E-state index contributed by atoms with van der Waals surface area (Å²) in [7, 11) is 0. The number of nitrogens with two attached hydrogens (primary N) is 1. The molecule has 2 aliphatic rings. The summed E-state index contributed by atoms with van der Waals surface area (Å²) in [6, 6.07) is 14.7. The van der Waals surface area contributed by atoms with Gasteiger partial charge in [0.05, 0.1) is 18.8 Å². The molecule has 2 aromatic carbocycles. The first kappa shape index (κ1) is 48.4. The van der Waals surface area contributed by atoms with Crippen LogP contribution in [0.15, 0.2) is 60.7 Å². The minimum absolute atomic E-state index is 0.0285. The summed E-state index contributed by atoms with van der Waals surface area (Å²) < 4.78 is 11.7. The summed E-state index contributed by atoms with van der Waals surface area (Å²) in [4.78, 5) is 108. The molecule has 14 nitrogen and oxygen atoms in total. The van der Waals surface area contributed by atoms with Crippen molar-refractivity contribution < 1.29 is 47.8 Å². The van der Waals surface area contributed by atoms with Crippen LogP contribution in [0, 0.1) is 11.8 Å². The van der Waals surface area contributed by atoms with Crippen LogP contribution >= 0.6 is 0 Å². The van der Waals surface area contributed by atoms with Gasteiger partial charge in [0.25, 0.3) is 0 Å². The number of hydrogen-bond donors (Lipinski definition) is 3. The number of ether oxygens (including phenoxy) is 2. The Hall–Kier alpha value is -5.24. The predicted octanol–water partition coefficient (Wildman–Crippen LogP) is 5.39. The third kappa shape index (κ3) is 15.6. The number of hydrogen-bond acceptors (Lipinski definition) is 10. The Kier molecular flexibility index (Phi) is 18.8. The van der Waals surface area contributed by atoms with E-state index in [-0.39, 0.29) is 69.9 Å². The Morgan fingerprint density at radius 3 is 2.11 bits per heavy atom. The van der Waals surface area contributed by atoms with E-state index in [1.807, 2.05) is 37.3 Å². The molecule has 0 aromatic heterocycles. The Balaban J connectivity index is 1.50. The van der Waals surface area contributed by atoms with E-state index in [1.54, 1.807) is 51.1 Å². The quantitative estimate of drug-likeness (QED) is 0.0961. The first-order valence-electron chi connectivity index (χ1n) is 21.8. The van der Waals surface area contributed by atoms with Crippen LogP contribution in [0.2, 0.25) is 0 Å². The molecule has 0 spiro atoms. The third-order valence-electron chi connectivity index (χ3n) is 11.2. The van der Waals surface area contributed by atoms with Gasteiger partial charge in [-0.1, -0.05) is 93.3 Å². The van der Waals surface area contributed by atoms with Crippen molar-refractivity contribution in [2.24, 2.45) is 17.6 Å². The number of Topliss-reactive ketones (excluding diaryl/α,β-unsaturated/α-hetero) is 3. The molecule has 61 heavy (non-hydrogen) atoms. The lowest BCUT2D eigenvalue weighted by Crippen LogP contribution is -2.53. The highest BCUT2D eigenvalue weighted by atomic mass is 16.6. The van der Waals surface area contributed by atoms with E-state index in [0.717, 1.165) is 24.8 Å². The van der Waals surface area contributed by atoms with Gasteiger partial charge in [0.1, 0.15) is 17.7 Å². The molecular weight excluding hydrogens is 781 g/mol. The second-order valence-corrected chi connectivity index (χ2v) is 17.3. The van der Waals surface area contributed by atoms with Gasteiger partial charge in [-0.15, -0.1) is 0 Å². The Labute approximate surface area is 359 Å². The number of ketones is 3. The van der Waals surface area contributed by atoms with Crippen LogP contribution in [0.1, 0.15) is 135 Å². The lowest BCUT2D eigenvalue weighted by molar-refractivity contribution is -0.155. The molecule has 332 valence electrons. The van der Waals surface area contributed by atoms with Gasteiger partial charge >= 0.3 is 5.97 Å². The number of rotatable bonds is 23. The summed E-state index contributed by atoms with van der Waals surface area (Å²) in [6.07, 6.45) is 3.87. The van der Waals surface area contributed by atoms with Gasteiger partial charge < -0.3 is 30.7 Å². The van der Waals surface area contributed by atoms with E-state index >= 15 is 0 Å². The van der Waals surface area contributed by atoms with Crippen molar-refractivity contribution in [3.8, 4) is 0 Å². The summed E-state index contributed by atoms with van der Waals surface area (Å²) in [5, 5.41) is 5.50. The third-order valence-corrected chi connectivity index (χ3v) is 11.2. The molecule has 1 aliphatic carbocycles. The van der Waals surface area contributed by atoms with Crippen LogP contribution < -0.4 is 16.4 Å². The fourth-order valence-electron chi connectivity index (χ4n) is 8.04. The van der Waals surface area contributed by atoms with Crippen molar-refractivity contribution in [1.82, 2.24) is 15.5 Å². The standard InChI is InChI=1S/C47H64N4O10/c1-5-16-34(43(56)38(52)25-26-40(54)50-42(44(48)57)32-19-11-7-12-20-32)27-39(53)37-28-35(60-30-31-17-9-6-10-18-31)29-51(37)46(59)36(23-15-24-41(55)61-47(2,3)4)49-45(58)33-21-13-8-14-22-33/h6-7,9-12,17-20,33-37,42H,5,8,13-16,21-30H2,1-4H3,(H2,48,57)(H,49,58)(H,50,54)/t34?,35-,36+,37+,42+/m1/s1. The number of esters is 1. The van der Waals surface area contributed by atoms with E-state index in [4.69, 9.17) is 15.2 Å². The molecule has 5 atom stereocenters. The normalized spacial score (nSPS) is 18.3.